The molecule has 2 rings (SSSR count). The molecule has 5 nitrogen and oxygen atoms in total. The molecule has 3 N–H and O–H groups in total. The minimum atomic E-state index is -1.00. The van der Waals surface area contributed by atoms with E-state index in [-0.39, 0.29) is 37.2 Å². The number of carbonyl (C=O) groups is 1. The van der Waals surface area contributed by atoms with E-state index in [9.17, 15) is 9.18 Å². The summed E-state index contributed by atoms with van der Waals surface area (Å²) in [7, 11) is 0. The first-order chi connectivity index (χ1) is 9.52. The Kier molecular flexibility index (Phi) is 4.80. The summed E-state index contributed by atoms with van der Waals surface area (Å²) in [5.74, 6) is -0.753. The lowest BCUT2D eigenvalue weighted by molar-refractivity contribution is 0.0329. The zero-order valence-corrected chi connectivity index (χ0v) is 11.5. The summed E-state index contributed by atoms with van der Waals surface area (Å²) in [6, 6.07) is 4.45. The summed E-state index contributed by atoms with van der Waals surface area (Å²) in [5.41, 5.74) is 6.33. The predicted octanol–water partition coefficient (Wildman–Crippen LogP) is 2.11. The molecule has 0 aliphatic carbocycles. The summed E-state index contributed by atoms with van der Waals surface area (Å²) in [6.45, 7) is 1.04. The molecular weight excluding hydrogens is 287 g/mol. The molecule has 1 aromatic carbocycles. The number of hydrogen-bond donors (Lipinski definition) is 2. The van der Waals surface area contributed by atoms with Gasteiger partial charge in [-0.3, -0.25) is 0 Å². The molecular formula is C13H16ClFN2O3. The van der Waals surface area contributed by atoms with Crippen LogP contribution in [0.3, 0.4) is 0 Å². The lowest BCUT2D eigenvalue weighted by atomic mass is 9.95. The molecule has 1 amide bonds. The molecule has 1 aliphatic heterocycles. The first-order valence-corrected chi connectivity index (χ1v) is 6.65. The maximum Gasteiger partial charge on any atom is 0.407 e. The van der Waals surface area contributed by atoms with Crippen LogP contribution in [-0.4, -0.2) is 42.3 Å². The van der Waals surface area contributed by atoms with E-state index in [1.165, 1.54) is 17.0 Å². The fourth-order valence-electron chi connectivity index (χ4n) is 2.33. The molecule has 0 spiro atoms. The second-order valence-electron chi connectivity index (χ2n) is 4.69. The highest BCUT2D eigenvalue weighted by Gasteiger charge is 2.30. The fourth-order valence-corrected chi connectivity index (χ4v) is 2.44. The maximum atomic E-state index is 13.5. The third-order valence-corrected chi connectivity index (χ3v) is 3.69. The Labute approximate surface area is 121 Å². The molecule has 20 heavy (non-hydrogen) atoms. The Morgan fingerprint density at radius 1 is 1.60 bits per heavy atom. The monoisotopic (exact) mass is 302 g/mol. The molecule has 7 heteroatoms. The lowest BCUT2D eigenvalue weighted by Gasteiger charge is -2.25. The van der Waals surface area contributed by atoms with Crippen molar-refractivity contribution in [3.05, 3.63) is 34.6 Å². The largest absolute Gasteiger partial charge is 0.465 e. The van der Waals surface area contributed by atoms with Crippen molar-refractivity contribution in [2.24, 2.45) is 11.7 Å². The second kappa shape index (κ2) is 6.39. The van der Waals surface area contributed by atoms with Crippen molar-refractivity contribution in [2.75, 3.05) is 26.2 Å². The maximum absolute atomic E-state index is 13.5. The molecule has 0 aromatic heterocycles. The average Bonchev–Trinajstić information content (AvgIpc) is 2.64. The van der Waals surface area contributed by atoms with Crippen LogP contribution in [0.2, 0.25) is 5.02 Å². The van der Waals surface area contributed by atoms with Gasteiger partial charge in [-0.1, -0.05) is 17.7 Å². The highest BCUT2D eigenvalue weighted by atomic mass is 35.5. The van der Waals surface area contributed by atoms with E-state index in [4.69, 9.17) is 27.2 Å². The summed E-state index contributed by atoms with van der Waals surface area (Å²) < 4.78 is 19.2. The number of rotatable bonds is 2. The number of hydrogen-bond acceptors (Lipinski definition) is 3. The Balaban J connectivity index is 2.24. The molecule has 0 saturated carbocycles. The third kappa shape index (κ3) is 3.20. The van der Waals surface area contributed by atoms with E-state index in [2.05, 4.69) is 0 Å². The molecule has 1 aromatic rings. The van der Waals surface area contributed by atoms with Gasteiger partial charge >= 0.3 is 6.09 Å². The van der Waals surface area contributed by atoms with E-state index in [1.807, 2.05) is 0 Å². The first kappa shape index (κ1) is 15.0. The number of halogens is 2. The standard InChI is InChI=1S/C13H16ClFN2O3/c14-10-2-1-8(5-11(10)15)12-9(6-16)7-17(13(18)19)3-4-20-12/h1-2,5,9,12H,3-4,6-7,16H2,(H,18,19)/t9?,12-/m0/s1. The number of carboxylic acid groups (broad SMARTS) is 1. The van der Waals surface area contributed by atoms with Gasteiger partial charge in [0.05, 0.1) is 17.7 Å². The highest BCUT2D eigenvalue weighted by Crippen LogP contribution is 2.30. The molecule has 0 radical (unpaired) electrons. The SMILES string of the molecule is NCC1CN(C(=O)O)CCO[C@H]1c1ccc(Cl)c(F)c1. The van der Waals surface area contributed by atoms with Gasteiger partial charge in [-0.25, -0.2) is 9.18 Å². The second-order valence-corrected chi connectivity index (χ2v) is 5.10. The lowest BCUT2D eigenvalue weighted by Crippen LogP contribution is -2.37. The van der Waals surface area contributed by atoms with E-state index in [0.29, 0.717) is 5.56 Å². The van der Waals surface area contributed by atoms with Crippen molar-refractivity contribution in [3.63, 3.8) is 0 Å². The van der Waals surface area contributed by atoms with Crippen molar-refractivity contribution in [1.29, 1.82) is 0 Å². The molecule has 2 atom stereocenters. The van der Waals surface area contributed by atoms with Gasteiger partial charge < -0.3 is 20.5 Å². The van der Waals surface area contributed by atoms with Crippen molar-refractivity contribution >= 4 is 17.7 Å². The molecule has 110 valence electrons. The van der Waals surface area contributed by atoms with E-state index in [0.717, 1.165) is 0 Å². The summed E-state index contributed by atoms with van der Waals surface area (Å²) >= 11 is 5.66. The third-order valence-electron chi connectivity index (χ3n) is 3.39. The number of amides is 1. The number of benzene rings is 1. The van der Waals surface area contributed by atoms with E-state index in [1.54, 1.807) is 6.07 Å². The quantitative estimate of drug-likeness (QED) is 0.877. The summed E-state index contributed by atoms with van der Waals surface area (Å²) in [6.07, 6.45) is -1.44. The zero-order chi connectivity index (χ0) is 14.7. The predicted molar refractivity (Wildman–Crippen MR) is 72.2 cm³/mol. The topological polar surface area (TPSA) is 75.8 Å². The Hall–Kier alpha value is -1.37. The van der Waals surface area contributed by atoms with Gasteiger partial charge in [0.1, 0.15) is 5.82 Å². The van der Waals surface area contributed by atoms with Gasteiger partial charge in [-0.2, -0.15) is 0 Å². The van der Waals surface area contributed by atoms with Crippen molar-refractivity contribution in [1.82, 2.24) is 4.90 Å². The van der Waals surface area contributed by atoms with Gasteiger partial charge in [-0.15, -0.1) is 0 Å². The highest BCUT2D eigenvalue weighted by molar-refractivity contribution is 6.30. The van der Waals surface area contributed by atoms with Gasteiger partial charge in [0, 0.05) is 19.0 Å². The van der Waals surface area contributed by atoms with Crippen LogP contribution >= 0.6 is 11.6 Å². The van der Waals surface area contributed by atoms with Crippen LogP contribution in [0.5, 0.6) is 0 Å². The molecule has 1 unspecified atom stereocenters. The van der Waals surface area contributed by atoms with Gasteiger partial charge in [0.2, 0.25) is 0 Å². The van der Waals surface area contributed by atoms with Crippen LogP contribution in [0.25, 0.3) is 0 Å². The Bertz CT molecular complexity index is 501. The van der Waals surface area contributed by atoms with Crippen LogP contribution in [0.15, 0.2) is 18.2 Å². The molecule has 1 fully saturated rings. The minimum absolute atomic E-state index is 0.0406. The van der Waals surface area contributed by atoms with Crippen LogP contribution in [-0.2, 0) is 4.74 Å². The summed E-state index contributed by atoms with van der Waals surface area (Å²) in [5, 5.41) is 9.11. The van der Waals surface area contributed by atoms with Crippen molar-refractivity contribution in [3.8, 4) is 0 Å². The normalized spacial score (nSPS) is 23.4. The molecule has 0 bridgehead atoms. The van der Waals surface area contributed by atoms with Crippen molar-refractivity contribution < 1.29 is 19.0 Å². The van der Waals surface area contributed by atoms with Crippen molar-refractivity contribution in [2.45, 2.75) is 6.10 Å². The number of ether oxygens (including phenoxy) is 1. The molecule has 1 saturated heterocycles. The van der Waals surface area contributed by atoms with Crippen LogP contribution in [0, 0.1) is 11.7 Å². The van der Waals surface area contributed by atoms with Gasteiger partial charge in [0.25, 0.3) is 0 Å². The minimum Gasteiger partial charge on any atom is -0.465 e. The van der Waals surface area contributed by atoms with Crippen LogP contribution in [0.1, 0.15) is 11.7 Å². The van der Waals surface area contributed by atoms with Gasteiger partial charge in [-0.05, 0) is 24.2 Å². The zero-order valence-electron chi connectivity index (χ0n) is 10.8. The number of nitrogens with two attached hydrogens (primary N) is 1. The number of nitrogens with zero attached hydrogens (tertiary/aromatic N) is 1. The van der Waals surface area contributed by atoms with E-state index >= 15 is 0 Å². The Morgan fingerprint density at radius 2 is 2.35 bits per heavy atom. The average molecular weight is 303 g/mol. The van der Waals surface area contributed by atoms with Crippen LogP contribution < -0.4 is 5.73 Å². The van der Waals surface area contributed by atoms with E-state index < -0.39 is 18.0 Å². The smallest absolute Gasteiger partial charge is 0.407 e. The van der Waals surface area contributed by atoms with Gasteiger partial charge in [0.15, 0.2) is 0 Å². The fraction of sp³-hybridized carbons (Fsp3) is 0.462. The summed E-state index contributed by atoms with van der Waals surface area (Å²) in [4.78, 5) is 12.3. The molecule has 1 heterocycles. The molecule has 1 aliphatic rings. The Morgan fingerprint density at radius 3 is 2.95 bits per heavy atom. The van der Waals surface area contributed by atoms with Crippen LogP contribution in [0.4, 0.5) is 9.18 Å². The first-order valence-electron chi connectivity index (χ1n) is 6.27.